The Morgan fingerprint density at radius 3 is 2.33 bits per heavy atom. The van der Waals surface area contributed by atoms with E-state index < -0.39 is 10.2 Å². The smallest absolute Gasteiger partial charge is 0.274 e. The van der Waals surface area contributed by atoms with Gasteiger partial charge in [-0.3, -0.25) is 0 Å². The van der Waals surface area contributed by atoms with Crippen molar-refractivity contribution in [3.63, 3.8) is 0 Å². The van der Waals surface area contributed by atoms with Gasteiger partial charge in [-0.2, -0.15) is 13.1 Å². The van der Waals surface area contributed by atoms with Crippen LogP contribution in [0.25, 0.3) is 0 Å². The predicted octanol–water partition coefficient (Wildman–Crippen LogP) is -0.951. The van der Waals surface area contributed by atoms with Gasteiger partial charge < -0.3 is 5.73 Å². The Bertz CT molecular complexity index is 239. The SMILES string of the molecule is N[C@@H]1CCCC[C@H]1NS(N)(=O)=O. The molecule has 0 aromatic rings. The van der Waals surface area contributed by atoms with Gasteiger partial charge >= 0.3 is 0 Å². The summed E-state index contributed by atoms with van der Waals surface area (Å²) >= 11 is 0. The van der Waals surface area contributed by atoms with Crippen molar-refractivity contribution >= 4 is 10.2 Å². The van der Waals surface area contributed by atoms with Crippen LogP contribution in [-0.4, -0.2) is 20.5 Å². The van der Waals surface area contributed by atoms with Gasteiger partial charge in [0.05, 0.1) is 0 Å². The van der Waals surface area contributed by atoms with E-state index in [1.165, 1.54) is 0 Å². The van der Waals surface area contributed by atoms with Crippen molar-refractivity contribution in [2.24, 2.45) is 10.9 Å². The highest BCUT2D eigenvalue weighted by atomic mass is 32.2. The molecule has 0 bridgehead atoms. The summed E-state index contributed by atoms with van der Waals surface area (Å²) in [5.41, 5.74) is 5.70. The highest BCUT2D eigenvalue weighted by Crippen LogP contribution is 2.16. The molecular formula is C6H15N3O2S. The Balaban J connectivity index is 2.50. The third-order valence-electron chi connectivity index (χ3n) is 2.14. The largest absolute Gasteiger partial charge is 0.326 e. The maximum atomic E-state index is 10.7. The molecule has 12 heavy (non-hydrogen) atoms. The molecule has 1 rings (SSSR count). The van der Waals surface area contributed by atoms with E-state index in [-0.39, 0.29) is 12.1 Å². The van der Waals surface area contributed by atoms with Crippen LogP contribution >= 0.6 is 0 Å². The van der Waals surface area contributed by atoms with E-state index in [9.17, 15) is 8.42 Å². The lowest BCUT2D eigenvalue weighted by Gasteiger charge is -2.28. The van der Waals surface area contributed by atoms with Crippen LogP contribution in [0.2, 0.25) is 0 Å². The summed E-state index contributed by atoms with van der Waals surface area (Å²) < 4.78 is 23.6. The third-order valence-corrected chi connectivity index (χ3v) is 2.77. The summed E-state index contributed by atoms with van der Waals surface area (Å²) in [7, 11) is -3.59. The minimum absolute atomic E-state index is 0.0860. The normalized spacial score (nSPS) is 31.8. The number of nitrogens with two attached hydrogens (primary N) is 2. The lowest BCUT2D eigenvalue weighted by molar-refractivity contribution is 0.361. The van der Waals surface area contributed by atoms with E-state index in [1.54, 1.807) is 0 Å². The van der Waals surface area contributed by atoms with Gasteiger partial charge in [0, 0.05) is 12.1 Å². The van der Waals surface area contributed by atoms with Gasteiger partial charge in [0.1, 0.15) is 0 Å². The molecular weight excluding hydrogens is 178 g/mol. The predicted molar refractivity (Wildman–Crippen MR) is 46.5 cm³/mol. The highest BCUT2D eigenvalue weighted by Gasteiger charge is 2.24. The first-order valence-corrected chi connectivity index (χ1v) is 5.59. The molecule has 0 spiro atoms. The van der Waals surface area contributed by atoms with Crippen LogP contribution < -0.4 is 15.6 Å². The first kappa shape index (κ1) is 9.91. The second-order valence-corrected chi connectivity index (χ2v) is 4.54. The van der Waals surface area contributed by atoms with Crippen LogP contribution in [0.4, 0.5) is 0 Å². The van der Waals surface area contributed by atoms with E-state index in [2.05, 4.69) is 4.72 Å². The van der Waals surface area contributed by atoms with Crippen molar-refractivity contribution in [3.8, 4) is 0 Å². The minimum atomic E-state index is -3.59. The van der Waals surface area contributed by atoms with Gasteiger partial charge in [0.2, 0.25) is 0 Å². The average molecular weight is 193 g/mol. The number of rotatable bonds is 2. The molecule has 1 aliphatic rings. The molecule has 6 heteroatoms. The molecule has 2 atom stereocenters. The first-order chi connectivity index (χ1) is 5.49. The summed E-state index contributed by atoms with van der Waals surface area (Å²) in [5, 5.41) is 4.83. The number of nitrogens with one attached hydrogen (secondary N) is 1. The first-order valence-electron chi connectivity index (χ1n) is 4.04. The van der Waals surface area contributed by atoms with Gasteiger partial charge in [-0.1, -0.05) is 12.8 Å². The summed E-state index contributed by atoms with van der Waals surface area (Å²) in [6.45, 7) is 0. The molecule has 72 valence electrons. The van der Waals surface area contributed by atoms with Crippen LogP contribution in [0.15, 0.2) is 0 Å². The van der Waals surface area contributed by atoms with Crippen molar-refractivity contribution < 1.29 is 8.42 Å². The molecule has 0 unspecified atom stereocenters. The van der Waals surface area contributed by atoms with Crippen LogP contribution in [0.3, 0.4) is 0 Å². The Labute approximate surface area is 72.7 Å². The minimum Gasteiger partial charge on any atom is -0.326 e. The van der Waals surface area contributed by atoms with Crippen LogP contribution in [0.5, 0.6) is 0 Å². The van der Waals surface area contributed by atoms with E-state index in [0.29, 0.717) is 0 Å². The monoisotopic (exact) mass is 193 g/mol. The van der Waals surface area contributed by atoms with Gasteiger partial charge in [0.25, 0.3) is 10.2 Å². The zero-order valence-corrected chi connectivity index (χ0v) is 7.68. The van der Waals surface area contributed by atoms with Gasteiger partial charge in [0.15, 0.2) is 0 Å². The molecule has 0 radical (unpaired) electrons. The number of hydrogen-bond donors (Lipinski definition) is 3. The standard InChI is InChI=1S/C6H15N3O2S/c7-5-3-1-2-4-6(5)9-12(8,10)11/h5-6,9H,1-4,7H2,(H2,8,10,11)/t5-,6-/m1/s1. The van der Waals surface area contributed by atoms with E-state index in [0.717, 1.165) is 25.7 Å². The van der Waals surface area contributed by atoms with Gasteiger partial charge in [-0.25, -0.2) is 5.14 Å². The molecule has 5 N–H and O–H groups in total. The van der Waals surface area contributed by atoms with Crippen LogP contribution in [0, 0.1) is 0 Å². The Morgan fingerprint density at radius 2 is 1.83 bits per heavy atom. The Hall–Kier alpha value is -0.170. The lowest BCUT2D eigenvalue weighted by Crippen LogP contribution is -2.51. The second-order valence-electron chi connectivity index (χ2n) is 3.22. The fourth-order valence-electron chi connectivity index (χ4n) is 1.52. The van der Waals surface area contributed by atoms with Crippen molar-refractivity contribution in [2.45, 2.75) is 37.8 Å². The molecule has 0 heterocycles. The van der Waals surface area contributed by atoms with Crippen LogP contribution in [0.1, 0.15) is 25.7 Å². The molecule has 0 aromatic heterocycles. The lowest BCUT2D eigenvalue weighted by atomic mass is 9.92. The zero-order chi connectivity index (χ0) is 9.19. The van der Waals surface area contributed by atoms with E-state index in [4.69, 9.17) is 10.9 Å². The third kappa shape index (κ3) is 3.06. The fourth-order valence-corrected chi connectivity index (χ4v) is 2.23. The quantitative estimate of drug-likeness (QED) is 0.527. The average Bonchev–Trinajstić information content (AvgIpc) is 1.91. The Morgan fingerprint density at radius 1 is 1.25 bits per heavy atom. The summed E-state index contributed by atoms with van der Waals surface area (Å²) in [6.07, 6.45) is 3.75. The molecule has 5 nitrogen and oxygen atoms in total. The van der Waals surface area contributed by atoms with Crippen molar-refractivity contribution in [1.82, 2.24) is 4.72 Å². The van der Waals surface area contributed by atoms with Crippen molar-refractivity contribution in [1.29, 1.82) is 0 Å². The molecule has 1 aliphatic carbocycles. The molecule has 0 saturated heterocycles. The maximum Gasteiger partial charge on any atom is 0.274 e. The highest BCUT2D eigenvalue weighted by molar-refractivity contribution is 7.87. The molecule has 0 aliphatic heterocycles. The summed E-state index contributed by atoms with van der Waals surface area (Å²) in [4.78, 5) is 0. The topological polar surface area (TPSA) is 98.2 Å². The van der Waals surface area contributed by atoms with E-state index in [1.807, 2.05) is 0 Å². The Kier molecular flexibility index (Phi) is 3.05. The van der Waals surface area contributed by atoms with Gasteiger partial charge in [-0.15, -0.1) is 0 Å². The van der Waals surface area contributed by atoms with Crippen molar-refractivity contribution in [2.75, 3.05) is 0 Å². The molecule has 1 fully saturated rings. The molecule has 0 aromatic carbocycles. The van der Waals surface area contributed by atoms with Crippen molar-refractivity contribution in [3.05, 3.63) is 0 Å². The van der Waals surface area contributed by atoms with Crippen LogP contribution in [-0.2, 0) is 10.2 Å². The maximum absolute atomic E-state index is 10.7. The molecule has 0 amide bonds. The summed E-state index contributed by atoms with van der Waals surface area (Å²) in [5.74, 6) is 0. The number of hydrogen-bond acceptors (Lipinski definition) is 3. The van der Waals surface area contributed by atoms with E-state index >= 15 is 0 Å². The second kappa shape index (κ2) is 3.69. The van der Waals surface area contributed by atoms with Gasteiger partial charge in [-0.05, 0) is 12.8 Å². The summed E-state index contributed by atoms with van der Waals surface area (Å²) in [6, 6.07) is -0.258. The fraction of sp³-hybridized carbons (Fsp3) is 1.00. The zero-order valence-electron chi connectivity index (χ0n) is 6.86. The molecule has 1 saturated carbocycles.